The minimum atomic E-state index is -1.75. The maximum atomic E-state index is 13.1. The highest BCUT2D eigenvalue weighted by molar-refractivity contribution is 6.59. The maximum Gasteiger partial charge on any atom is 0.488 e. The van der Waals surface area contributed by atoms with Crippen LogP contribution in [0.5, 0.6) is 5.75 Å². The molecule has 0 aliphatic heterocycles. The van der Waals surface area contributed by atoms with Crippen LogP contribution in [0.2, 0.25) is 5.02 Å². The van der Waals surface area contributed by atoms with Gasteiger partial charge < -0.3 is 14.8 Å². The molecule has 0 saturated heterocycles. The minimum absolute atomic E-state index is 0.0655. The standard InChI is InChI=1S/C14H13BClFO3/c1-9-2-5-14(13(16)6-9)20-8-10-3-4-11(17)7-12(10)15(18)19/h2-7,18-19H,8H2,1H3. The first-order chi connectivity index (χ1) is 9.47. The molecule has 6 heteroatoms. The number of ether oxygens (including phenoxy) is 1. The molecule has 0 atom stereocenters. The van der Waals surface area contributed by atoms with Crippen LogP contribution < -0.4 is 10.2 Å². The summed E-state index contributed by atoms with van der Waals surface area (Å²) in [5.41, 5.74) is 1.57. The Bertz CT molecular complexity index is 619. The quantitative estimate of drug-likeness (QED) is 0.849. The van der Waals surface area contributed by atoms with Crippen molar-refractivity contribution in [2.75, 3.05) is 0 Å². The maximum absolute atomic E-state index is 13.1. The van der Waals surface area contributed by atoms with Gasteiger partial charge in [-0.3, -0.25) is 0 Å². The van der Waals surface area contributed by atoms with Crippen molar-refractivity contribution in [2.24, 2.45) is 0 Å². The molecule has 0 bridgehead atoms. The number of hydrogen-bond acceptors (Lipinski definition) is 3. The molecule has 104 valence electrons. The summed E-state index contributed by atoms with van der Waals surface area (Å²) >= 11 is 6.04. The number of halogens is 2. The third kappa shape index (κ3) is 3.51. The van der Waals surface area contributed by atoms with Crippen molar-refractivity contribution in [3.05, 3.63) is 58.4 Å². The predicted molar refractivity (Wildman–Crippen MR) is 76.7 cm³/mol. The predicted octanol–water partition coefficient (Wildman–Crippen LogP) is 2.05. The van der Waals surface area contributed by atoms with Gasteiger partial charge in [-0.15, -0.1) is 0 Å². The summed E-state index contributed by atoms with van der Waals surface area (Å²) < 4.78 is 18.6. The molecule has 0 heterocycles. The van der Waals surface area contributed by atoms with Gasteiger partial charge in [0.15, 0.2) is 0 Å². The molecule has 3 nitrogen and oxygen atoms in total. The lowest BCUT2D eigenvalue weighted by Gasteiger charge is -2.12. The second kappa shape index (κ2) is 6.26. The zero-order chi connectivity index (χ0) is 14.7. The summed E-state index contributed by atoms with van der Waals surface area (Å²) in [4.78, 5) is 0. The molecule has 0 unspecified atom stereocenters. The lowest BCUT2D eigenvalue weighted by atomic mass is 9.77. The molecule has 20 heavy (non-hydrogen) atoms. The van der Waals surface area contributed by atoms with Crippen molar-refractivity contribution >= 4 is 24.2 Å². The third-order valence-electron chi connectivity index (χ3n) is 2.86. The van der Waals surface area contributed by atoms with Crippen LogP contribution in [-0.4, -0.2) is 17.2 Å². The van der Waals surface area contributed by atoms with Crippen molar-refractivity contribution in [3.63, 3.8) is 0 Å². The fourth-order valence-electron chi connectivity index (χ4n) is 1.82. The molecular weight excluding hydrogens is 281 g/mol. The summed E-state index contributed by atoms with van der Waals surface area (Å²) in [5, 5.41) is 18.9. The van der Waals surface area contributed by atoms with E-state index >= 15 is 0 Å². The van der Waals surface area contributed by atoms with Crippen molar-refractivity contribution in [1.82, 2.24) is 0 Å². The van der Waals surface area contributed by atoms with E-state index < -0.39 is 12.9 Å². The molecule has 0 saturated carbocycles. The molecule has 0 radical (unpaired) electrons. The van der Waals surface area contributed by atoms with Gasteiger partial charge in [-0.05, 0) is 47.8 Å². The van der Waals surface area contributed by atoms with Gasteiger partial charge in [-0.1, -0.05) is 23.7 Å². The highest BCUT2D eigenvalue weighted by Crippen LogP contribution is 2.25. The van der Waals surface area contributed by atoms with E-state index in [0.29, 0.717) is 16.3 Å². The van der Waals surface area contributed by atoms with Crippen molar-refractivity contribution < 1.29 is 19.2 Å². The first-order valence-corrected chi connectivity index (χ1v) is 6.38. The Morgan fingerprint density at radius 3 is 2.60 bits per heavy atom. The van der Waals surface area contributed by atoms with Gasteiger partial charge in [0.2, 0.25) is 0 Å². The smallest absolute Gasteiger partial charge is 0.487 e. The molecule has 0 aliphatic rings. The average molecular weight is 295 g/mol. The lowest BCUT2D eigenvalue weighted by Crippen LogP contribution is -2.34. The van der Waals surface area contributed by atoms with Gasteiger partial charge >= 0.3 is 7.12 Å². The van der Waals surface area contributed by atoms with E-state index in [1.807, 2.05) is 13.0 Å². The SMILES string of the molecule is Cc1ccc(OCc2ccc(F)cc2B(O)O)c(Cl)c1. The second-order valence-electron chi connectivity index (χ2n) is 4.44. The van der Waals surface area contributed by atoms with Crippen LogP contribution in [-0.2, 0) is 6.61 Å². The molecule has 0 aromatic heterocycles. The first-order valence-electron chi connectivity index (χ1n) is 6.01. The summed E-state index contributed by atoms with van der Waals surface area (Å²) in [6.07, 6.45) is 0. The van der Waals surface area contributed by atoms with Gasteiger partial charge in [-0.25, -0.2) is 4.39 Å². The number of aryl methyl sites for hydroxylation is 1. The Morgan fingerprint density at radius 2 is 1.95 bits per heavy atom. The first kappa shape index (κ1) is 14.8. The monoisotopic (exact) mass is 294 g/mol. The van der Waals surface area contributed by atoms with Gasteiger partial charge in [0, 0.05) is 0 Å². The largest absolute Gasteiger partial charge is 0.488 e. The molecule has 0 spiro atoms. The van der Waals surface area contributed by atoms with Crippen molar-refractivity contribution in [3.8, 4) is 5.75 Å². The van der Waals surface area contributed by atoms with Gasteiger partial charge in [0.25, 0.3) is 0 Å². The summed E-state index contributed by atoms with van der Waals surface area (Å²) in [6, 6.07) is 9.11. The third-order valence-corrected chi connectivity index (χ3v) is 3.15. The fourth-order valence-corrected chi connectivity index (χ4v) is 2.11. The second-order valence-corrected chi connectivity index (χ2v) is 4.85. The zero-order valence-corrected chi connectivity index (χ0v) is 11.6. The van der Waals surface area contributed by atoms with Gasteiger partial charge in [0.1, 0.15) is 18.2 Å². The molecule has 0 fully saturated rings. The molecule has 2 rings (SSSR count). The molecule has 2 aromatic rings. The van der Waals surface area contributed by atoms with Crippen molar-refractivity contribution in [2.45, 2.75) is 13.5 Å². The number of benzene rings is 2. The van der Waals surface area contributed by atoms with E-state index in [2.05, 4.69) is 0 Å². The Labute approximate surface area is 121 Å². The molecule has 0 aliphatic carbocycles. The van der Waals surface area contributed by atoms with Crippen LogP contribution in [0.25, 0.3) is 0 Å². The fraction of sp³-hybridized carbons (Fsp3) is 0.143. The molecule has 2 aromatic carbocycles. The zero-order valence-electron chi connectivity index (χ0n) is 10.8. The van der Waals surface area contributed by atoms with Crippen LogP contribution in [0.15, 0.2) is 36.4 Å². The van der Waals surface area contributed by atoms with E-state index in [0.717, 1.165) is 11.6 Å². The Balaban J connectivity index is 2.18. The van der Waals surface area contributed by atoms with E-state index in [9.17, 15) is 14.4 Å². The van der Waals surface area contributed by atoms with Crippen LogP contribution >= 0.6 is 11.6 Å². The van der Waals surface area contributed by atoms with Gasteiger partial charge in [-0.2, -0.15) is 0 Å². The van der Waals surface area contributed by atoms with E-state index in [4.69, 9.17) is 16.3 Å². The molecule has 0 amide bonds. The van der Waals surface area contributed by atoms with E-state index in [1.165, 1.54) is 12.1 Å². The lowest BCUT2D eigenvalue weighted by molar-refractivity contribution is 0.306. The minimum Gasteiger partial charge on any atom is -0.487 e. The highest BCUT2D eigenvalue weighted by atomic mass is 35.5. The summed E-state index contributed by atoms with van der Waals surface area (Å²) in [7, 11) is -1.75. The highest BCUT2D eigenvalue weighted by Gasteiger charge is 2.17. The Morgan fingerprint density at radius 1 is 1.20 bits per heavy atom. The number of hydrogen-bond donors (Lipinski definition) is 2. The molecule has 2 N–H and O–H groups in total. The van der Waals surface area contributed by atoms with E-state index in [-0.39, 0.29) is 12.1 Å². The van der Waals surface area contributed by atoms with Crippen LogP contribution in [0.1, 0.15) is 11.1 Å². The average Bonchev–Trinajstić information content (AvgIpc) is 2.38. The summed E-state index contributed by atoms with van der Waals surface area (Å²) in [5.74, 6) is -0.0508. The Kier molecular flexibility index (Phi) is 4.65. The van der Waals surface area contributed by atoms with Crippen LogP contribution in [0.3, 0.4) is 0 Å². The Hall–Kier alpha value is -1.56. The summed E-state index contributed by atoms with van der Waals surface area (Å²) in [6.45, 7) is 1.98. The van der Waals surface area contributed by atoms with Gasteiger partial charge in [0.05, 0.1) is 5.02 Å². The van der Waals surface area contributed by atoms with Crippen LogP contribution in [0.4, 0.5) is 4.39 Å². The number of rotatable bonds is 4. The van der Waals surface area contributed by atoms with Crippen LogP contribution in [0, 0.1) is 12.7 Å². The topological polar surface area (TPSA) is 49.7 Å². The van der Waals surface area contributed by atoms with Crippen molar-refractivity contribution in [1.29, 1.82) is 0 Å². The molecular formula is C14H13BClFO3. The van der Waals surface area contributed by atoms with E-state index in [1.54, 1.807) is 12.1 Å². The normalized spacial score (nSPS) is 10.4.